The van der Waals surface area contributed by atoms with E-state index in [1.807, 2.05) is 29.2 Å². The van der Waals surface area contributed by atoms with Crippen molar-refractivity contribution in [3.63, 3.8) is 0 Å². The van der Waals surface area contributed by atoms with E-state index >= 15 is 4.39 Å². The molecule has 23 heteroatoms. The minimum atomic E-state index is -4.86. The van der Waals surface area contributed by atoms with E-state index in [0.29, 0.717) is 35.0 Å². The minimum Gasteiger partial charge on any atom is -0.489 e. The monoisotopic (exact) mass is 1070 g/mol. The van der Waals surface area contributed by atoms with Crippen LogP contribution in [0, 0.1) is 22.5 Å². The number of hydrogen-bond acceptors (Lipinski definition) is 15. The molecular formula is C52H60FN8O12PS. The summed E-state index contributed by atoms with van der Waals surface area (Å²) in [5.74, 6) is -0.919. The Morgan fingerprint density at radius 2 is 1.76 bits per heavy atom. The van der Waals surface area contributed by atoms with Crippen LogP contribution in [0.1, 0.15) is 98.7 Å². The molecule has 2 aliphatic carbocycles. The Balaban J connectivity index is 0.816. The van der Waals surface area contributed by atoms with Gasteiger partial charge in [0.05, 0.1) is 52.0 Å². The number of amides is 1. The second-order valence-corrected chi connectivity index (χ2v) is 24.8. The van der Waals surface area contributed by atoms with Gasteiger partial charge in [-0.25, -0.2) is 22.1 Å². The number of ether oxygens (including phenoxy) is 3. The van der Waals surface area contributed by atoms with Crippen LogP contribution >= 0.6 is 7.82 Å². The SMILES string of the molecule is Cc1ccccc1[C@@H]1CCCN1C1CC2(CCN(c3ccc(C(=O)NS(=O)(=O)c4cc5c(c([N+](=O)[O-])c4)N[C@H](C4(F)CCC(C)(OP(=O)(O)O)CC4)CO5)c(N4c5cc6cc[nH]c6nc5O[C@@H]5COC[C@H]54)c3)CC2)C1. The molecule has 0 bridgehead atoms. The molecule has 7 aliphatic rings. The van der Waals surface area contributed by atoms with Crippen LogP contribution in [-0.4, -0.2) is 119 Å². The van der Waals surface area contributed by atoms with E-state index in [4.69, 9.17) is 23.7 Å². The summed E-state index contributed by atoms with van der Waals surface area (Å²) in [5, 5.41) is 16.3. The molecule has 5 aliphatic heterocycles. The molecule has 12 rings (SSSR count). The number of phosphoric acid groups is 1. The normalized spacial score (nSPS) is 27.6. The summed E-state index contributed by atoms with van der Waals surface area (Å²) in [6.45, 7) is 6.55. The Hall–Kier alpha value is -5.87. The first-order valence-electron chi connectivity index (χ1n) is 25.7. The summed E-state index contributed by atoms with van der Waals surface area (Å²) < 4.78 is 82.3. The van der Waals surface area contributed by atoms with Crippen molar-refractivity contribution < 1.29 is 55.6 Å². The zero-order valence-corrected chi connectivity index (χ0v) is 43.3. The highest BCUT2D eigenvalue weighted by Crippen LogP contribution is 2.55. The number of piperidine rings is 1. The topological polar surface area (TPSA) is 251 Å². The van der Waals surface area contributed by atoms with E-state index in [1.165, 1.54) is 30.9 Å². The number of nitrogens with one attached hydrogen (secondary N) is 3. The predicted octanol–water partition coefficient (Wildman–Crippen LogP) is 8.11. The lowest BCUT2D eigenvalue weighted by atomic mass is 9.59. The smallest absolute Gasteiger partial charge is 0.470 e. The number of nitro groups is 1. The maximum atomic E-state index is 16.6. The van der Waals surface area contributed by atoms with Crippen molar-refractivity contribution in [2.24, 2.45) is 5.41 Å². The molecule has 5 fully saturated rings. The van der Waals surface area contributed by atoms with Gasteiger partial charge >= 0.3 is 7.82 Å². The van der Waals surface area contributed by atoms with Gasteiger partial charge in [-0.15, -0.1) is 0 Å². The Bertz CT molecular complexity index is 3260. The van der Waals surface area contributed by atoms with E-state index in [0.717, 1.165) is 68.5 Å². The fraction of sp³-hybridized carbons (Fsp3) is 0.500. The number of H-pyrrole nitrogens is 1. The first kappa shape index (κ1) is 50.0. The number of aryl methyl sites for hydroxylation is 1. The minimum absolute atomic E-state index is 0.00959. The van der Waals surface area contributed by atoms with E-state index in [2.05, 4.69) is 56.0 Å². The molecule has 1 spiro atoms. The van der Waals surface area contributed by atoms with Gasteiger partial charge in [-0.1, -0.05) is 24.3 Å². The highest BCUT2D eigenvalue weighted by atomic mass is 32.2. The first-order valence-corrected chi connectivity index (χ1v) is 28.7. The molecule has 3 saturated heterocycles. The number of aromatic amines is 1. The van der Waals surface area contributed by atoms with Crippen molar-refractivity contribution in [2.75, 3.05) is 54.6 Å². The second kappa shape index (κ2) is 18.4. The molecular weight excluding hydrogens is 1010 g/mol. The number of fused-ring (bicyclic) bond motifs is 4. The van der Waals surface area contributed by atoms with Gasteiger partial charge in [-0.05, 0) is 131 Å². The maximum absolute atomic E-state index is 16.6. The third-order valence-electron chi connectivity index (χ3n) is 17.3. The van der Waals surface area contributed by atoms with E-state index < -0.39 is 68.7 Å². The quantitative estimate of drug-likeness (QED) is 0.0476. The van der Waals surface area contributed by atoms with Gasteiger partial charge in [0.1, 0.15) is 29.7 Å². The Morgan fingerprint density at radius 1 is 0.987 bits per heavy atom. The second-order valence-electron chi connectivity index (χ2n) is 21.9. The van der Waals surface area contributed by atoms with Gasteiger partial charge in [0.25, 0.3) is 21.6 Å². The van der Waals surface area contributed by atoms with E-state index in [9.17, 15) is 37.7 Å². The third kappa shape index (κ3) is 9.18. The lowest BCUT2D eigenvalue weighted by Crippen LogP contribution is -2.55. The molecule has 0 radical (unpaired) electrons. The Morgan fingerprint density at radius 3 is 2.51 bits per heavy atom. The van der Waals surface area contributed by atoms with E-state index in [1.54, 1.807) is 12.3 Å². The van der Waals surface area contributed by atoms with Gasteiger partial charge in [0.2, 0.25) is 5.88 Å². The first-order chi connectivity index (χ1) is 35.8. The van der Waals surface area contributed by atoms with Crippen molar-refractivity contribution >= 4 is 63.2 Å². The van der Waals surface area contributed by atoms with Crippen LogP contribution in [0.2, 0.25) is 0 Å². The molecule has 2 aromatic heterocycles. The molecule has 398 valence electrons. The summed E-state index contributed by atoms with van der Waals surface area (Å²) in [5.41, 5.74) is 1.16. The van der Waals surface area contributed by atoms with Gasteiger partial charge in [0.15, 0.2) is 11.4 Å². The van der Waals surface area contributed by atoms with Crippen LogP contribution in [0.4, 0.5) is 32.8 Å². The fourth-order valence-corrected chi connectivity index (χ4v) is 14.9. The number of carbonyl (C=O) groups excluding carboxylic acids is 1. The predicted molar refractivity (Wildman–Crippen MR) is 275 cm³/mol. The number of pyridine rings is 1. The summed E-state index contributed by atoms with van der Waals surface area (Å²) >= 11 is 0. The molecule has 4 atom stereocenters. The lowest BCUT2D eigenvalue weighted by Gasteiger charge is -2.56. The number of halogens is 1. The van der Waals surface area contributed by atoms with Crippen molar-refractivity contribution in [1.29, 1.82) is 0 Å². The number of benzene rings is 3. The van der Waals surface area contributed by atoms with Crippen molar-refractivity contribution in [3.8, 4) is 11.6 Å². The van der Waals surface area contributed by atoms with Crippen molar-refractivity contribution in [3.05, 3.63) is 99.7 Å². The number of likely N-dealkylation sites (tertiary alicyclic amines) is 1. The highest BCUT2D eigenvalue weighted by molar-refractivity contribution is 7.90. The van der Waals surface area contributed by atoms with Gasteiger partial charge in [-0.3, -0.25) is 24.3 Å². The molecule has 0 unspecified atom stereocenters. The number of anilines is 4. The number of carbonyl (C=O) groups is 1. The molecule has 7 heterocycles. The van der Waals surface area contributed by atoms with Crippen LogP contribution in [0.25, 0.3) is 11.0 Å². The molecule has 3 aromatic carbocycles. The molecule has 1 amide bonds. The highest BCUT2D eigenvalue weighted by Gasteiger charge is 2.52. The number of rotatable bonds is 11. The molecule has 5 aromatic rings. The van der Waals surface area contributed by atoms with Crippen molar-refractivity contribution in [1.82, 2.24) is 19.6 Å². The van der Waals surface area contributed by atoms with Crippen LogP contribution in [0.3, 0.4) is 0 Å². The number of phosphoric ester groups is 1. The zero-order valence-electron chi connectivity index (χ0n) is 41.6. The van der Waals surface area contributed by atoms with Gasteiger partial charge in [-0.2, -0.15) is 4.98 Å². The Labute approximate surface area is 432 Å². The number of alkyl halides is 1. The number of nitro benzene ring substituents is 1. The largest absolute Gasteiger partial charge is 0.489 e. The third-order valence-corrected chi connectivity index (χ3v) is 19.3. The molecule has 20 nitrogen and oxygen atoms in total. The summed E-state index contributed by atoms with van der Waals surface area (Å²) in [6.07, 6.45) is 7.49. The van der Waals surface area contributed by atoms with Crippen LogP contribution < -0.4 is 29.3 Å². The summed E-state index contributed by atoms with van der Waals surface area (Å²) in [4.78, 5) is 59.7. The average molecular weight is 1070 g/mol. The average Bonchev–Trinajstić information content (AvgIpc) is 4.16. The standard InChI is InChI=1S/C52H60FN8O12PS/c1-31-6-3-4-7-36(31)38-8-5-19-59(38)34-26-51(27-34)16-20-58(21-17-51)33-9-10-37(39(23-33)60-41-22-32-11-18-54-47(32)56-49(41)72-44-29-70-28-42(44)60)48(62)57-75(68,69)35-24-40(61(63)64)46-43(25-35)71-30-45(55-46)52(53)14-12-50(2,13-15-52)73-74(65,66)67/h3-4,6-7,9-11,18,22-25,34,38,42,44-45,55H,5,8,12-17,19-21,26-30H2,1-2H3,(H,54,56)(H,57,62)(H2,65,66,67)/t38-,42+,44+,45-,50?,52?/m0/s1. The van der Waals surface area contributed by atoms with Crippen LogP contribution in [0.5, 0.6) is 11.6 Å². The van der Waals surface area contributed by atoms with Crippen LogP contribution in [-0.2, 0) is 23.8 Å². The van der Waals surface area contributed by atoms with Crippen LogP contribution in [0.15, 0.2) is 77.8 Å². The van der Waals surface area contributed by atoms with E-state index in [-0.39, 0.29) is 67.9 Å². The number of sulfonamides is 1. The van der Waals surface area contributed by atoms with Crippen molar-refractivity contribution in [2.45, 2.75) is 124 Å². The number of aromatic nitrogens is 2. The summed E-state index contributed by atoms with van der Waals surface area (Å²) in [6, 6.07) is 19.2. The van der Waals surface area contributed by atoms with Gasteiger partial charge < -0.3 is 44.1 Å². The Kier molecular flexibility index (Phi) is 12.3. The zero-order chi connectivity index (χ0) is 52.2. The molecule has 75 heavy (non-hydrogen) atoms. The fourth-order valence-electron chi connectivity index (χ4n) is 13.1. The number of hydrogen-bond donors (Lipinski definition) is 5. The number of nitrogens with zero attached hydrogens (tertiary/aromatic N) is 5. The maximum Gasteiger partial charge on any atom is 0.470 e. The molecule has 2 saturated carbocycles. The lowest BCUT2D eigenvalue weighted by molar-refractivity contribution is -0.384. The summed E-state index contributed by atoms with van der Waals surface area (Å²) in [7, 11) is -9.72. The molecule has 5 N–H and O–H groups in total. The van der Waals surface area contributed by atoms with Gasteiger partial charge in [0, 0.05) is 54.6 Å².